The van der Waals surface area contributed by atoms with Gasteiger partial charge in [-0.25, -0.2) is 0 Å². The fraction of sp³-hybridized carbons (Fsp3) is 0.571. The highest BCUT2D eigenvalue weighted by molar-refractivity contribution is 5.14. The number of hydrogen-bond donors (Lipinski definition) is 2. The third kappa shape index (κ3) is 2.80. The molecule has 8 nitrogen and oxygen atoms in total. The van der Waals surface area contributed by atoms with E-state index in [2.05, 4.69) is 10.0 Å². The molecule has 0 unspecified atom stereocenters. The molecule has 0 aromatic heterocycles. The van der Waals surface area contributed by atoms with Crippen LogP contribution in [0.25, 0.3) is 10.4 Å². The van der Waals surface area contributed by atoms with Crippen LogP contribution in [-0.2, 0) is 20.8 Å². The van der Waals surface area contributed by atoms with E-state index in [9.17, 15) is 10.2 Å². The van der Waals surface area contributed by atoms with Crippen molar-refractivity contribution in [1.29, 1.82) is 0 Å². The molecular weight excluding hydrogens is 290 g/mol. The molecule has 0 radical (unpaired) electrons. The summed E-state index contributed by atoms with van der Waals surface area (Å²) in [5.74, 6) is 0. The first-order valence-electron chi connectivity index (χ1n) is 7.01. The minimum Gasteiger partial charge on any atom is -0.390 e. The number of fused-ring (bicyclic) bond motifs is 2. The van der Waals surface area contributed by atoms with Crippen LogP contribution in [0.2, 0.25) is 0 Å². The van der Waals surface area contributed by atoms with E-state index in [1.54, 1.807) is 0 Å². The van der Waals surface area contributed by atoms with Gasteiger partial charge in [0.2, 0.25) is 0 Å². The van der Waals surface area contributed by atoms with Gasteiger partial charge < -0.3 is 24.4 Å². The zero-order chi connectivity index (χ0) is 15.5. The monoisotopic (exact) mass is 307 g/mol. The van der Waals surface area contributed by atoms with Gasteiger partial charge in [0.15, 0.2) is 0 Å². The largest absolute Gasteiger partial charge is 0.390 e. The molecule has 1 saturated heterocycles. The van der Waals surface area contributed by atoms with Crippen LogP contribution < -0.4 is 0 Å². The minimum absolute atomic E-state index is 0.0440. The van der Waals surface area contributed by atoms with Crippen molar-refractivity contribution in [3.8, 4) is 0 Å². The van der Waals surface area contributed by atoms with Crippen molar-refractivity contribution in [2.75, 3.05) is 6.79 Å². The van der Waals surface area contributed by atoms with E-state index >= 15 is 0 Å². The lowest BCUT2D eigenvalue weighted by molar-refractivity contribution is -0.305. The SMILES string of the molecule is [N-]=[N+]=N[C@@H]1[C@H](O)[C@H]2OCO[C@H]([C@@H]2O)[C@@H]1OCc1ccccc1. The summed E-state index contributed by atoms with van der Waals surface area (Å²) in [6.45, 7) is 0.214. The highest BCUT2D eigenvalue weighted by Crippen LogP contribution is 2.33. The molecule has 1 saturated carbocycles. The van der Waals surface area contributed by atoms with E-state index in [1.807, 2.05) is 30.3 Å². The van der Waals surface area contributed by atoms with Gasteiger partial charge in [-0.1, -0.05) is 35.4 Å². The van der Waals surface area contributed by atoms with Crippen LogP contribution in [0.4, 0.5) is 0 Å². The van der Waals surface area contributed by atoms with Gasteiger partial charge in [0.1, 0.15) is 25.1 Å². The van der Waals surface area contributed by atoms with E-state index in [0.29, 0.717) is 0 Å². The van der Waals surface area contributed by atoms with E-state index in [1.165, 1.54) is 0 Å². The summed E-state index contributed by atoms with van der Waals surface area (Å²) in [7, 11) is 0. The van der Waals surface area contributed by atoms with Crippen LogP contribution in [0, 0.1) is 0 Å². The Bertz CT molecular complexity index is 551. The van der Waals surface area contributed by atoms with Crippen LogP contribution >= 0.6 is 0 Å². The second kappa shape index (κ2) is 6.62. The Labute approximate surface area is 126 Å². The molecule has 118 valence electrons. The Morgan fingerprint density at radius 2 is 1.91 bits per heavy atom. The molecule has 1 aliphatic heterocycles. The Morgan fingerprint density at radius 1 is 1.18 bits per heavy atom. The van der Waals surface area contributed by atoms with Gasteiger partial charge in [-0.3, -0.25) is 0 Å². The van der Waals surface area contributed by atoms with Gasteiger partial charge >= 0.3 is 0 Å². The fourth-order valence-corrected chi connectivity index (χ4v) is 2.91. The number of rotatable bonds is 4. The van der Waals surface area contributed by atoms with Crippen molar-refractivity contribution in [2.24, 2.45) is 5.11 Å². The normalized spacial score (nSPS) is 37.4. The lowest BCUT2D eigenvalue weighted by Crippen LogP contribution is -2.67. The predicted octanol–water partition coefficient (Wildman–Crippen LogP) is 0.728. The second-order valence-electron chi connectivity index (χ2n) is 5.32. The number of ether oxygens (including phenoxy) is 3. The molecule has 2 fully saturated rings. The summed E-state index contributed by atoms with van der Waals surface area (Å²) >= 11 is 0. The average Bonchev–Trinajstić information content (AvgIpc) is 2.54. The van der Waals surface area contributed by atoms with E-state index in [4.69, 9.17) is 19.7 Å². The maximum atomic E-state index is 10.3. The lowest BCUT2D eigenvalue weighted by atomic mass is 9.82. The topological polar surface area (TPSA) is 117 Å². The summed E-state index contributed by atoms with van der Waals surface area (Å²) < 4.78 is 16.4. The van der Waals surface area contributed by atoms with E-state index in [0.717, 1.165) is 5.56 Å². The Balaban J connectivity index is 1.79. The molecule has 0 amide bonds. The predicted molar refractivity (Wildman–Crippen MR) is 74.6 cm³/mol. The molecule has 1 aliphatic carbocycles. The zero-order valence-corrected chi connectivity index (χ0v) is 11.7. The van der Waals surface area contributed by atoms with Crippen molar-refractivity contribution in [3.63, 3.8) is 0 Å². The molecule has 2 aliphatic rings. The summed E-state index contributed by atoms with van der Waals surface area (Å²) in [4.78, 5) is 2.76. The maximum Gasteiger partial charge on any atom is 0.148 e. The number of aliphatic hydroxyl groups is 2. The van der Waals surface area contributed by atoms with Gasteiger partial charge in [0.05, 0.1) is 24.9 Å². The Hall–Kier alpha value is -1.67. The van der Waals surface area contributed by atoms with Gasteiger partial charge in [-0.2, -0.15) is 0 Å². The van der Waals surface area contributed by atoms with Crippen molar-refractivity contribution in [3.05, 3.63) is 46.3 Å². The van der Waals surface area contributed by atoms with Gasteiger partial charge in [0, 0.05) is 4.91 Å². The maximum absolute atomic E-state index is 10.3. The fourth-order valence-electron chi connectivity index (χ4n) is 2.91. The third-order valence-corrected chi connectivity index (χ3v) is 4.01. The lowest BCUT2D eigenvalue weighted by Gasteiger charge is -2.48. The number of hydrogen-bond acceptors (Lipinski definition) is 6. The highest BCUT2D eigenvalue weighted by atomic mass is 16.7. The summed E-state index contributed by atoms with van der Waals surface area (Å²) in [6, 6.07) is 8.57. The summed E-state index contributed by atoms with van der Waals surface area (Å²) in [5, 5.41) is 24.1. The number of nitrogens with zero attached hydrogens (tertiary/aromatic N) is 3. The molecule has 1 aromatic rings. The molecule has 2 N–H and O–H groups in total. The number of benzene rings is 1. The Morgan fingerprint density at radius 3 is 2.64 bits per heavy atom. The second-order valence-corrected chi connectivity index (χ2v) is 5.32. The molecular formula is C14H17N3O5. The van der Waals surface area contributed by atoms with Crippen molar-refractivity contribution in [2.45, 2.75) is 43.2 Å². The Kier molecular flexibility index (Phi) is 4.58. The molecule has 0 spiro atoms. The molecule has 1 aromatic carbocycles. The first-order valence-corrected chi connectivity index (χ1v) is 7.01. The quantitative estimate of drug-likeness (QED) is 0.483. The molecule has 3 rings (SSSR count). The van der Waals surface area contributed by atoms with Crippen LogP contribution in [0.3, 0.4) is 0 Å². The summed E-state index contributed by atoms with van der Waals surface area (Å²) in [6.07, 6.45) is -4.48. The van der Waals surface area contributed by atoms with Crippen LogP contribution in [0.5, 0.6) is 0 Å². The number of azide groups is 1. The van der Waals surface area contributed by atoms with Crippen LogP contribution in [0.1, 0.15) is 5.56 Å². The molecule has 2 bridgehead atoms. The zero-order valence-electron chi connectivity index (χ0n) is 11.7. The van der Waals surface area contributed by atoms with Gasteiger partial charge in [-0.05, 0) is 11.1 Å². The van der Waals surface area contributed by atoms with Crippen molar-refractivity contribution < 1.29 is 24.4 Å². The third-order valence-electron chi connectivity index (χ3n) is 4.01. The average molecular weight is 307 g/mol. The highest BCUT2D eigenvalue weighted by Gasteiger charge is 2.53. The minimum atomic E-state index is -1.15. The van der Waals surface area contributed by atoms with Gasteiger partial charge in [0.25, 0.3) is 0 Å². The molecule has 22 heavy (non-hydrogen) atoms. The van der Waals surface area contributed by atoms with Crippen molar-refractivity contribution in [1.82, 2.24) is 0 Å². The van der Waals surface area contributed by atoms with E-state index in [-0.39, 0.29) is 13.4 Å². The standard InChI is InChI=1S/C14H17N3O5/c15-17-16-9-10(18)13-11(19)14(22-7-21-13)12(9)20-6-8-4-2-1-3-5-8/h1-5,9-14,18-19H,6-7H2/t9-,10+,11-,12-,13-,14-/m1/s1. The van der Waals surface area contributed by atoms with Crippen LogP contribution in [0.15, 0.2) is 35.4 Å². The van der Waals surface area contributed by atoms with Crippen LogP contribution in [-0.4, -0.2) is 53.6 Å². The first-order chi connectivity index (χ1) is 10.7. The van der Waals surface area contributed by atoms with E-state index < -0.39 is 36.6 Å². The first kappa shape index (κ1) is 15.2. The van der Waals surface area contributed by atoms with Gasteiger partial charge in [-0.15, -0.1) is 0 Å². The molecule has 6 atom stereocenters. The smallest absolute Gasteiger partial charge is 0.148 e. The summed E-state index contributed by atoms with van der Waals surface area (Å²) in [5.41, 5.74) is 9.65. The number of aliphatic hydroxyl groups excluding tert-OH is 2. The molecule has 1 heterocycles. The molecule has 8 heteroatoms. The van der Waals surface area contributed by atoms with Crippen molar-refractivity contribution >= 4 is 0 Å².